The Morgan fingerprint density at radius 2 is 2.13 bits per heavy atom. The third-order valence-electron chi connectivity index (χ3n) is 5.53. The molecule has 23 heavy (non-hydrogen) atoms. The molecule has 2 aromatic rings. The standard InChI is InChI=1S/C18H27N5/c1-2-17-16-12-22(9-8-18(16)21-20-17)11-15-10-19-13-23(15)14-6-4-3-5-7-14/h10,13-14H,2-9,11-12H2,1H3,(H,20,21). The fraction of sp³-hybridized carbons (Fsp3) is 0.667. The van der Waals surface area contributed by atoms with Crippen LogP contribution in [0.5, 0.6) is 0 Å². The number of aromatic nitrogens is 4. The third kappa shape index (κ3) is 2.94. The highest BCUT2D eigenvalue weighted by molar-refractivity contribution is 5.27. The van der Waals surface area contributed by atoms with Crippen molar-refractivity contribution in [3.05, 3.63) is 35.2 Å². The molecule has 2 aliphatic rings. The Morgan fingerprint density at radius 3 is 2.96 bits per heavy atom. The highest BCUT2D eigenvalue weighted by Gasteiger charge is 2.23. The van der Waals surface area contributed by atoms with E-state index in [1.807, 2.05) is 0 Å². The number of nitrogens with zero attached hydrogens (tertiary/aromatic N) is 4. The van der Waals surface area contributed by atoms with Gasteiger partial charge in [0.1, 0.15) is 0 Å². The fourth-order valence-corrected chi connectivity index (χ4v) is 4.21. The Labute approximate surface area is 138 Å². The molecule has 1 aliphatic carbocycles. The molecular weight excluding hydrogens is 286 g/mol. The van der Waals surface area contributed by atoms with Gasteiger partial charge in [0.25, 0.3) is 0 Å². The molecule has 1 N–H and O–H groups in total. The molecule has 4 rings (SSSR count). The van der Waals surface area contributed by atoms with Gasteiger partial charge in [0, 0.05) is 49.6 Å². The SMILES string of the molecule is CCc1n[nH]c2c1CN(Cc1cncn1C1CCCCC1)CC2. The van der Waals surface area contributed by atoms with Crippen LogP contribution in [-0.2, 0) is 25.9 Å². The summed E-state index contributed by atoms with van der Waals surface area (Å²) in [5, 5.41) is 7.69. The van der Waals surface area contributed by atoms with Crippen LogP contribution in [0.2, 0.25) is 0 Å². The number of hydrogen-bond donors (Lipinski definition) is 1. The molecule has 0 spiro atoms. The summed E-state index contributed by atoms with van der Waals surface area (Å²) in [5.41, 5.74) is 5.40. The zero-order valence-corrected chi connectivity index (χ0v) is 14.1. The third-order valence-corrected chi connectivity index (χ3v) is 5.53. The molecule has 0 amide bonds. The number of H-pyrrole nitrogens is 1. The zero-order chi connectivity index (χ0) is 15.6. The van der Waals surface area contributed by atoms with E-state index >= 15 is 0 Å². The van der Waals surface area contributed by atoms with Gasteiger partial charge in [0.2, 0.25) is 0 Å². The minimum Gasteiger partial charge on any atom is -0.330 e. The minimum atomic E-state index is 0.668. The maximum atomic E-state index is 4.47. The smallest absolute Gasteiger partial charge is 0.0951 e. The molecule has 0 unspecified atom stereocenters. The average Bonchev–Trinajstić information content (AvgIpc) is 3.22. The normalized spacial score (nSPS) is 19.9. The van der Waals surface area contributed by atoms with Crippen molar-refractivity contribution in [1.82, 2.24) is 24.6 Å². The minimum absolute atomic E-state index is 0.668. The van der Waals surface area contributed by atoms with Crippen molar-refractivity contribution < 1.29 is 0 Å². The molecule has 2 aromatic heterocycles. The van der Waals surface area contributed by atoms with E-state index < -0.39 is 0 Å². The highest BCUT2D eigenvalue weighted by Crippen LogP contribution is 2.30. The summed E-state index contributed by atoms with van der Waals surface area (Å²) in [7, 11) is 0. The molecule has 5 nitrogen and oxygen atoms in total. The Balaban J connectivity index is 1.48. The predicted octanol–water partition coefficient (Wildman–Crippen LogP) is 3.23. The highest BCUT2D eigenvalue weighted by atomic mass is 15.2. The van der Waals surface area contributed by atoms with E-state index in [9.17, 15) is 0 Å². The number of aromatic amines is 1. The quantitative estimate of drug-likeness (QED) is 0.943. The molecule has 0 bridgehead atoms. The van der Waals surface area contributed by atoms with Gasteiger partial charge in [-0.2, -0.15) is 5.10 Å². The largest absolute Gasteiger partial charge is 0.330 e. The fourth-order valence-electron chi connectivity index (χ4n) is 4.21. The van der Waals surface area contributed by atoms with Crippen molar-refractivity contribution in [3.8, 4) is 0 Å². The van der Waals surface area contributed by atoms with Gasteiger partial charge in [-0.3, -0.25) is 10.00 Å². The summed E-state index contributed by atoms with van der Waals surface area (Å²) >= 11 is 0. The Hall–Kier alpha value is -1.62. The summed E-state index contributed by atoms with van der Waals surface area (Å²) < 4.78 is 2.45. The molecule has 124 valence electrons. The molecule has 0 aromatic carbocycles. The van der Waals surface area contributed by atoms with E-state index in [0.29, 0.717) is 6.04 Å². The first-order valence-electron chi connectivity index (χ1n) is 9.13. The Morgan fingerprint density at radius 1 is 1.26 bits per heavy atom. The van der Waals surface area contributed by atoms with Crippen LogP contribution in [0.15, 0.2) is 12.5 Å². The van der Waals surface area contributed by atoms with E-state index in [1.165, 1.54) is 54.7 Å². The second-order valence-electron chi connectivity index (χ2n) is 7.03. The summed E-state index contributed by atoms with van der Waals surface area (Å²) in [6, 6.07) is 0.668. The van der Waals surface area contributed by atoms with Crippen LogP contribution in [0.3, 0.4) is 0 Å². The lowest BCUT2D eigenvalue weighted by molar-refractivity contribution is 0.231. The maximum absolute atomic E-state index is 4.47. The van der Waals surface area contributed by atoms with Gasteiger partial charge in [0.05, 0.1) is 17.7 Å². The summed E-state index contributed by atoms with van der Waals surface area (Å²) in [5.74, 6) is 0. The molecule has 1 saturated carbocycles. The van der Waals surface area contributed by atoms with Gasteiger partial charge in [-0.1, -0.05) is 26.2 Å². The molecule has 1 fully saturated rings. The number of rotatable bonds is 4. The number of aryl methyl sites for hydroxylation is 1. The van der Waals surface area contributed by atoms with Gasteiger partial charge in [-0.25, -0.2) is 4.98 Å². The second-order valence-corrected chi connectivity index (χ2v) is 7.03. The van der Waals surface area contributed by atoms with E-state index in [2.05, 4.69) is 44.1 Å². The van der Waals surface area contributed by atoms with Crippen LogP contribution >= 0.6 is 0 Å². The average molecular weight is 313 g/mol. The Kier molecular flexibility index (Phi) is 4.21. The van der Waals surface area contributed by atoms with Crippen molar-refractivity contribution >= 4 is 0 Å². The van der Waals surface area contributed by atoms with Gasteiger partial charge < -0.3 is 4.57 Å². The number of fused-ring (bicyclic) bond motifs is 1. The number of imidazole rings is 1. The van der Waals surface area contributed by atoms with Gasteiger partial charge in [-0.15, -0.1) is 0 Å². The molecule has 3 heterocycles. The van der Waals surface area contributed by atoms with Crippen LogP contribution in [0, 0.1) is 0 Å². The van der Waals surface area contributed by atoms with Crippen LogP contribution in [0.25, 0.3) is 0 Å². The first-order chi connectivity index (χ1) is 11.3. The van der Waals surface area contributed by atoms with Crippen molar-refractivity contribution in [2.24, 2.45) is 0 Å². The van der Waals surface area contributed by atoms with Crippen LogP contribution < -0.4 is 0 Å². The first-order valence-corrected chi connectivity index (χ1v) is 9.13. The van der Waals surface area contributed by atoms with Crippen molar-refractivity contribution in [1.29, 1.82) is 0 Å². The molecule has 0 saturated heterocycles. The summed E-state index contributed by atoms with van der Waals surface area (Å²) in [6.07, 6.45) is 13.0. The maximum Gasteiger partial charge on any atom is 0.0951 e. The molecular formula is C18H27N5. The topological polar surface area (TPSA) is 49.7 Å². The molecule has 5 heteroatoms. The van der Waals surface area contributed by atoms with Crippen LogP contribution in [0.4, 0.5) is 0 Å². The van der Waals surface area contributed by atoms with E-state index in [0.717, 1.165) is 32.5 Å². The molecule has 1 aliphatic heterocycles. The second kappa shape index (κ2) is 6.48. The monoisotopic (exact) mass is 313 g/mol. The van der Waals surface area contributed by atoms with Crippen LogP contribution in [-0.4, -0.2) is 31.2 Å². The van der Waals surface area contributed by atoms with Gasteiger partial charge in [0.15, 0.2) is 0 Å². The van der Waals surface area contributed by atoms with Crippen molar-refractivity contribution in [2.45, 2.75) is 71.0 Å². The van der Waals surface area contributed by atoms with E-state index in [4.69, 9.17) is 0 Å². The predicted molar refractivity (Wildman–Crippen MR) is 90.1 cm³/mol. The lowest BCUT2D eigenvalue weighted by Crippen LogP contribution is -2.31. The number of nitrogens with one attached hydrogen (secondary N) is 1. The zero-order valence-electron chi connectivity index (χ0n) is 14.1. The van der Waals surface area contributed by atoms with E-state index in [1.54, 1.807) is 0 Å². The van der Waals surface area contributed by atoms with Gasteiger partial charge in [-0.05, 0) is 19.3 Å². The van der Waals surface area contributed by atoms with Crippen molar-refractivity contribution in [3.63, 3.8) is 0 Å². The lowest BCUT2D eigenvalue weighted by atomic mass is 9.95. The van der Waals surface area contributed by atoms with Crippen molar-refractivity contribution in [2.75, 3.05) is 6.54 Å². The lowest BCUT2D eigenvalue weighted by Gasteiger charge is -2.29. The van der Waals surface area contributed by atoms with Crippen LogP contribution in [0.1, 0.15) is 67.7 Å². The van der Waals surface area contributed by atoms with Gasteiger partial charge >= 0.3 is 0 Å². The first kappa shape index (κ1) is 14.9. The summed E-state index contributed by atoms with van der Waals surface area (Å²) in [4.78, 5) is 7.00. The summed E-state index contributed by atoms with van der Waals surface area (Å²) in [6.45, 7) is 5.32. The number of hydrogen-bond acceptors (Lipinski definition) is 3. The van der Waals surface area contributed by atoms with E-state index in [-0.39, 0.29) is 0 Å². The Bertz CT molecular complexity index is 637. The molecule has 0 radical (unpaired) electrons. The molecule has 0 atom stereocenters.